The van der Waals surface area contributed by atoms with Gasteiger partial charge >= 0.3 is 0 Å². The minimum atomic E-state index is 0.250. The molecule has 1 saturated heterocycles. The smallest absolute Gasteiger partial charge is 0.00370 e. The largest absolute Gasteiger partial charge is 0.130 e. The minimum absolute atomic E-state index is 0.250. The van der Waals surface area contributed by atoms with Gasteiger partial charge in [0.15, 0.2) is 0 Å². The summed E-state index contributed by atoms with van der Waals surface area (Å²) >= 11 is 0. The normalized spacial score (nSPS) is 31.5. The second-order valence-electron chi connectivity index (χ2n) is 6.73. The van der Waals surface area contributed by atoms with E-state index >= 15 is 0 Å². The Hall–Kier alpha value is 0.860. The first-order valence-electron chi connectivity index (χ1n) is 7.94. The molecule has 0 aromatic rings. The molecule has 2 heteroatoms. The van der Waals surface area contributed by atoms with Gasteiger partial charge in [0.25, 0.3) is 0 Å². The summed E-state index contributed by atoms with van der Waals surface area (Å²) < 4.78 is 0. The molecule has 0 nitrogen and oxygen atoms in total. The zero-order valence-corrected chi connectivity index (χ0v) is 15.1. The third-order valence-electron chi connectivity index (χ3n) is 5.28. The van der Waals surface area contributed by atoms with E-state index in [2.05, 4.69) is 36.7 Å². The molecule has 0 N–H and O–H groups in total. The van der Waals surface area contributed by atoms with Crippen molar-refractivity contribution < 1.29 is 0 Å². The van der Waals surface area contributed by atoms with Crippen molar-refractivity contribution >= 4 is 17.2 Å². The van der Waals surface area contributed by atoms with Crippen LogP contribution in [-0.4, -0.2) is 23.1 Å². The predicted molar refractivity (Wildman–Crippen MR) is 91.5 cm³/mol. The van der Waals surface area contributed by atoms with Gasteiger partial charge in [0.1, 0.15) is 0 Å². The molecule has 0 amide bonds. The van der Waals surface area contributed by atoms with Crippen molar-refractivity contribution in [1.82, 2.24) is 0 Å². The van der Waals surface area contributed by atoms with E-state index in [9.17, 15) is 0 Å². The topological polar surface area (TPSA) is 0 Å². The molecule has 0 saturated carbocycles. The maximum Gasteiger partial charge on any atom is -0.00370 e. The van der Waals surface area contributed by atoms with Crippen molar-refractivity contribution in [2.24, 2.45) is 0 Å². The number of hydrogen-bond donors (Lipinski definition) is 0. The third-order valence-corrected chi connectivity index (χ3v) is 9.85. The highest BCUT2D eigenvalue weighted by Crippen LogP contribution is 2.63. The highest BCUT2D eigenvalue weighted by Gasteiger charge is 2.46. The lowest BCUT2D eigenvalue weighted by Gasteiger charge is -2.45. The Balaban J connectivity index is 2.31. The maximum atomic E-state index is 3.24. The van der Waals surface area contributed by atoms with Crippen molar-refractivity contribution in [3.8, 4) is 0 Å². The quantitative estimate of drug-likeness (QED) is 0.377. The molecule has 4 atom stereocenters. The summed E-state index contributed by atoms with van der Waals surface area (Å²) in [7, 11) is 3.49. The van der Waals surface area contributed by atoms with Crippen LogP contribution in [0, 0.1) is 0 Å². The van der Waals surface area contributed by atoms with Crippen LogP contribution in [-0.2, 0) is 0 Å². The van der Waals surface area contributed by atoms with E-state index in [1.54, 1.807) is 0 Å². The zero-order chi connectivity index (χ0) is 13.6. The van der Waals surface area contributed by atoms with Crippen LogP contribution in [0.5, 0.6) is 0 Å². The van der Waals surface area contributed by atoms with Crippen LogP contribution in [0.1, 0.15) is 78.6 Å². The van der Waals surface area contributed by atoms with E-state index in [4.69, 9.17) is 0 Å². The average Bonchev–Trinajstić information content (AvgIpc) is 2.66. The van der Waals surface area contributed by atoms with Gasteiger partial charge in [-0.2, -0.15) is 0 Å². The van der Waals surface area contributed by atoms with Crippen molar-refractivity contribution in [1.29, 1.82) is 0 Å². The first-order valence-corrected chi connectivity index (χ1v) is 10.5. The third kappa shape index (κ3) is 4.18. The Morgan fingerprint density at radius 1 is 1.17 bits per heavy atom. The Morgan fingerprint density at radius 3 is 2.33 bits per heavy atom. The van der Waals surface area contributed by atoms with E-state index in [1.165, 1.54) is 63.9 Å². The van der Waals surface area contributed by atoms with Crippen molar-refractivity contribution in [2.75, 3.05) is 12.8 Å². The van der Waals surface area contributed by atoms with Crippen molar-refractivity contribution in [2.45, 2.75) is 88.9 Å². The zero-order valence-electron chi connectivity index (χ0n) is 13.1. The van der Waals surface area contributed by atoms with Gasteiger partial charge in [-0.3, -0.25) is 0 Å². The lowest BCUT2D eigenvalue weighted by atomic mass is 9.85. The molecule has 18 heavy (non-hydrogen) atoms. The van der Waals surface area contributed by atoms with Gasteiger partial charge in [-0.25, -0.2) is 0 Å². The van der Waals surface area contributed by atoms with Crippen LogP contribution >= 0.6 is 17.2 Å². The maximum absolute atomic E-state index is 3.24. The molecular formula is C16H34P2. The molecule has 1 heterocycles. The van der Waals surface area contributed by atoms with Gasteiger partial charge in [0, 0.05) is 0 Å². The molecule has 1 aliphatic heterocycles. The van der Waals surface area contributed by atoms with Crippen LogP contribution < -0.4 is 0 Å². The molecule has 0 aromatic carbocycles. The second kappa shape index (κ2) is 7.59. The van der Waals surface area contributed by atoms with E-state index < -0.39 is 0 Å². The summed E-state index contributed by atoms with van der Waals surface area (Å²) in [5.41, 5.74) is 0. The van der Waals surface area contributed by atoms with Gasteiger partial charge in [0.2, 0.25) is 0 Å². The van der Waals surface area contributed by atoms with Gasteiger partial charge in [-0.15, -0.1) is 17.2 Å². The monoisotopic (exact) mass is 288 g/mol. The van der Waals surface area contributed by atoms with Gasteiger partial charge in [0.05, 0.1) is 0 Å². The molecule has 1 fully saturated rings. The Bertz CT molecular complexity index is 237. The molecule has 0 aromatic heterocycles. The number of unbranched alkanes of at least 4 members (excludes halogenated alkanes) is 5. The summed E-state index contributed by atoms with van der Waals surface area (Å²) in [6.07, 6.45) is 14.4. The van der Waals surface area contributed by atoms with E-state index in [0.717, 1.165) is 0 Å². The molecule has 108 valence electrons. The SMILES string of the molecule is CCCCCCCC[C@@](C)(P)[C@@]1(C)CCCP1C. The Morgan fingerprint density at radius 2 is 1.78 bits per heavy atom. The lowest BCUT2D eigenvalue weighted by Crippen LogP contribution is -2.41. The van der Waals surface area contributed by atoms with E-state index in [0.29, 0.717) is 10.3 Å². The van der Waals surface area contributed by atoms with Gasteiger partial charge in [-0.1, -0.05) is 59.3 Å². The van der Waals surface area contributed by atoms with E-state index in [-0.39, 0.29) is 7.92 Å². The van der Waals surface area contributed by atoms with Gasteiger partial charge in [-0.05, 0) is 42.4 Å². The van der Waals surface area contributed by atoms with Crippen LogP contribution in [0.3, 0.4) is 0 Å². The van der Waals surface area contributed by atoms with Crippen LogP contribution in [0.15, 0.2) is 0 Å². The van der Waals surface area contributed by atoms with Crippen molar-refractivity contribution in [3.63, 3.8) is 0 Å². The number of hydrogen-bond acceptors (Lipinski definition) is 0. The fourth-order valence-corrected chi connectivity index (χ4v) is 7.02. The predicted octanol–water partition coefficient (Wildman–Crippen LogP) is 6.04. The highest BCUT2D eigenvalue weighted by atomic mass is 31.1. The highest BCUT2D eigenvalue weighted by molar-refractivity contribution is 7.59. The van der Waals surface area contributed by atoms with Crippen molar-refractivity contribution in [3.05, 3.63) is 0 Å². The average molecular weight is 288 g/mol. The first-order chi connectivity index (χ1) is 8.44. The van der Waals surface area contributed by atoms with Crippen LogP contribution in [0.2, 0.25) is 0 Å². The molecule has 1 aliphatic rings. The molecule has 0 spiro atoms. The summed E-state index contributed by atoms with van der Waals surface area (Å²) in [5, 5.41) is 1.10. The fourth-order valence-electron chi connectivity index (χ4n) is 3.36. The minimum Gasteiger partial charge on any atom is -0.130 e. The molecule has 0 bridgehead atoms. The summed E-state index contributed by atoms with van der Waals surface area (Å²) in [5.74, 6) is 0. The van der Waals surface area contributed by atoms with Crippen LogP contribution in [0.25, 0.3) is 0 Å². The number of rotatable bonds is 8. The van der Waals surface area contributed by atoms with Gasteiger partial charge < -0.3 is 0 Å². The Labute approximate surface area is 119 Å². The standard InChI is InChI=1S/C16H34P2/c1-5-6-7-8-9-10-12-15(2,17)16(3)13-11-14-18(16)4/h5-14,17H2,1-4H3/t15-,16-,18?/m1/s1. The molecule has 1 rings (SSSR count). The summed E-state index contributed by atoms with van der Waals surface area (Å²) in [4.78, 5) is 0. The molecule has 0 aliphatic carbocycles. The second-order valence-corrected chi connectivity index (χ2v) is 10.8. The molecular weight excluding hydrogens is 254 g/mol. The Kier molecular flexibility index (Phi) is 7.13. The molecule has 2 unspecified atom stereocenters. The summed E-state index contributed by atoms with van der Waals surface area (Å²) in [6, 6.07) is 0. The van der Waals surface area contributed by atoms with Crippen LogP contribution in [0.4, 0.5) is 0 Å². The lowest BCUT2D eigenvalue weighted by molar-refractivity contribution is 0.411. The van der Waals surface area contributed by atoms with E-state index in [1.807, 2.05) is 0 Å². The fraction of sp³-hybridized carbons (Fsp3) is 1.00. The first kappa shape index (κ1) is 16.9. The molecule has 0 radical (unpaired) electrons. The summed E-state index contributed by atoms with van der Waals surface area (Å²) in [6.45, 7) is 9.90.